The molecule has 0 aliphatic carbocycles. The summed E-state index contributed by atoms with van der Waals surface area (Å²) in [5.74, 6) is 0.839. The highest BCUT2D eigenvalue weighted by Crippen LogP contribution is 2.25. The highest BCUT2D eigenvalue weighted by atomic mass is 35.5. The highest BCUT2D eigenvalue weighted by molar-refractivity contribution is 7.90. The van der Waals surface area contributed by atoms with Gasteiger partial charge in [-0.05, 0) is 74.2 Å². The summed E-state index contributed by atoms with van der Waals surface area (Å²) >= 11 is 11.7. The van der Waals surface area contributed by atoms with Crippen molar-refractivity contribution in [2.75, 3.05) is 26.2 Å². The maximum atomic E-state index is 12.5. The summed E-state index contributed by atoms with van der Waals surface area (Å²) in [6, 6.07) is 13.0. The summed E-state index contributed by atoms with van der Waals surface area (Å²) in [7, 11) is -3.93. The minimum atomic E-state index is -3.93. The molecule has 0 aromatic heterocycles. The lowest BCUT2D eigenvalue weighted by Gasteiger charge is -2.41. The summed E-state index contributed by atoms with van der Waals surface area (Å²) < 4.78 is 33.2. The molecule has 2 aromatic rings. The number of nitrogens with one attached hydrogen (secondary N) is 1. The second kappa shape index (κ2) is 10.5. The van der Waals surface area contributed by atoms with E-state index in [2.05, 4.69) is 9.62 Å². The van der Waals surface area contributed by atoms with Gasteiger partial charge in [-0.2, -0.15) is 0 Å². The maximum Gasteiger partial charge on any atom is 0.331 e. The van der Waals surface area contributed by atoms with Crippen molar-refractivity contribution in [3.63, 3.8) is 0 Å². The predicted molar refractivity (Wildman–Crippen MR) is 128 cm³/mol. The fourth-order valence-corrected chi connectivity index (χ4v) is 5.57. The van der Waals surface area contributed by atoms with Crippen molar-refractivity contribution in [2.45, 2.75) is 42.7 Å². The van der Waals surface area contributed by atoms with Gasteiger partial charge in [0, 0.05) is 42.3 Å². The number of piperidine rings is 2. The molecule has 2 aliphatic heterocycles. The van der Waals surface area contributed by atoms with Gasteiger partial charge in [0.1, 0.15) is 11.9 Å². The number of sulfonamides is 1. The molecular weight excluding hydrogens is 485 g/mol. The van der Waals surface area contributed by atoms with Gasteiger partial charge in [0.2, 0.25) is 0 Å². The van der Waals surface area contributed by atoms with Crippen LogP contribution in [0, 0.1) is 0 Å². The van der Waals surface area contributed by atoms with E-state index in [0.717, 1.165) is 44.5 Å². The van der Waals surface area contributed by atoms with E-state index in [1.165, 1.54) is 24.3 Å². The number of ether oxygens (including phenoxy) is 1. The molecule has 2 heterocycles. The molecular formula is C23H27Cl2N3O4S. The maximum absolute atomic E-state index is 12.5. The molecule has 178 valence electrons. The molecule has 0 spiro atoms. The largest absolute Gasteiger partial charge is 0.490 e. The predicted octanol–water partition coefficient (Wildman–Crippen LogP) is 4.40. The van der Waals surface area contributed by atoms with E-state index in [1.807, 2.05) is 24.3 Å². The Morgan fingerprint density at radius 2 is 1.39 bits per heavy atom. The zero-order valence-corrected chi connectivity index (χ0v) is 20.5. The van der Waals surface area contributed by atoms with Crippen LogP contribution in [0.1, 0.15) is 25.7 Å². The topological polar surface area (TPSA) is 79.0 Å². The number of hydrogen-bond acceptors (Lipinski definition) is 5. The van der Waals surface area contributed by atoms with Crippen LogP contribution in [-0.2, 0) is 10.0 Å². The number of halogens is 2. The first-order valence-electron chi connectivity index (χ1n) is 11.0. The quantitative estimate of drug-likeness (QED) is 0.643. The van der Waals surface area contributed by atoms with Gasteiger partial charge < -0.3 is 9.64 Å². The molecule has 0 atom stereocenters. The summed E-state index contributed by atoms with van der Waals surface area (Å²) in [6.45, 7) is 2.93. The molecule has 0 bridgehead atoms. The van der Waals surface area contributed by atoms with E-state index >= 15 is 0 Å². The molecule has 33 heavy (non-hydrogen) atoms. The first-order chi connectivity index (χ1) is 15.8. The Bertz CT molecular complexity index is 1050. The minimum Gasteiger partial charge on any atom is -0.490 e. The molecule has 2 aromatic carbocycles. The fourth-order valence-electron chi connectivity index (χ4n) is 4.35. The molecule has 2 aliphatic rings. The van der Waals surface area contributed by atoms with E-state index in [9.17, 15) is 13.2 Å². The van der Waals surface area contributed by atoms with Crippen molar-refractivity contribution in [1.82, 2.24) is 14.5 Å². The normalized spacial score (nSPS) is 18.8. The Hall–Kier alpha value is -2.00. The van der Waals surface area contributed by atoms with Crippen molar-refractivity contribution in [3.05, 3.63) is 58.6 Å². The summed E-state index contributed by atoms with van der Waals surface area (Å²) in [6.07, 6.45) is 3.71. The number of benzene rings is 2. The number of rotatable bonds is 5. The summed E-state index contributed by atoms with van der Waals surface area (Å²) in [4.78, 5) is 16.6. The van der Waals surface area contributed by atoms with Crippen molar-refractivity contribution in [3.8, 4) is 5.75 Å². The van der Waals surface area contributed by atoms with Crippen molar-refractivity contribution in [1.29, 1.82) is 0 Å². The molecule has 0 unspecified atom stereocenters. The molecule has 10 heteroatoms. The number of urea groups is 1. The number of amides is 2. The number of hydrogen-bond donors (Lipinski definition) is 1. The minimum absolute atomic E-state index is 0.0128. The van der Waals surface area contributed by atoms with Crippen LogP contribution < -0.4 is 9.46 Å². The van der Waals surface area contributed by atoms with Crippen LogP contribution >= 0.6 is 23.2 Å². The number of carbonyl (C=O) groups excluding carboxylic acids is 1. The van der Waals surface area contributed by atoms with Crippen LogP contribution in [0.5, 0.6) is 5.75 Å². The molecule has 4 rings (SSSR count). The highest BCUT2D eigenvalue weighted by Gasteiger charge is 2.31. The van der Waals surface area contributed by atoms with Gasteiger partial charge in [-0.15, -0.1) is 0 Å². The van der Waals surface area contributed by atoms with Crippen LogP contribution in [0.25, 0.3) is 0 Å². The van der Waals surface area contributed by atoms with Crippen LogP contribution in [0.4, 0.5) is 4.79 Å². The molecule has 0 radical (unpaired) electrons. The van der Waals surface area contributed by atoms with E-state index in [4.69, 9.17) is 27.9 Å². The third-order valence-corrected chi connectivity index (χ3v) is 8.05. The lowest BCUT2D eigenvalue weighted by molar-refractivity contribution is 0.0540. The van der Waals surface area contributed by atoms with E-state index < -0.39 is 16.1 Å². The van der Waals surface area contributed by atoms with Gasteiger partial charge in [-0.1, -0.05) is 23.2 Å². The number of carbonyl (C=O) groups is 1. The van der Waals surface area contributed by atoms with Gasteiger partial charge in [-0.25, -0.2) is 17.9 Å². The third kappa shape index (κ3) is 6.32. The van der Waals surface area contributed by atoms with E-state index in [-0.39, 0.29) is 11.0 Å². The molecule has 7 nitrogen and oxygen atoms in total. The molecule has 2 amide bonds. The zero-order chi connectivity index (χ0) is 23.4. The Kier molecular flexibility index (Phi) is 7.69. The van der Waals surface area contributed by atoms with Crippen molar-refractivity contribution in [2.24, 2.45) is 0 Å². The van der Waals surface area contributed by atoms with Gasteiger partial charge in [0.05, 0.1) is 4.90 Å². The molecule has 1 N–H and O–H groups in total. The van der Waals surface area contributed by atoms with Crippen LogP contribution in [-0.4, -0.2) is 62.6 Å². The second-order valence-electron chi connectivity index (χ2n) is 8.39. The Labute approximate surface area is 204 Å². The molecule has 2 saturated heterocycles. The average Bonchev–Trinajstić information content (AvgIpc) is 2.81. The van der Waals surface area contributed by atoms with E-state index in [1.54, 1.807) is 4.90 Å². The SMILES string of the molecule is O=C(NS(=O)(=O)c1ccc(Cl)cc1)N1CCC(N2CCC(Oc3ccc(Cl)cc3)CC2)CC1. The molecule has 2 fully saturated rings. The number of likely N-dealkylation sites (tertiary alicyclic amines) is 2. The number of nitrogens with zero attached hydrogens (tertiary/aromatic N) is 2. The average molecular weight is 512 g/mol. The summed E-state index contributed by atoms with van der Waals surface area (Å²) in [5.41, 5.74) is 0. The van der Waals surface area contributed by atoms with Gasteiger partial charge in [0.15, 0.2) is 0 Å². The first-order valence-corrected chi connectivity index (χ1v) is 13.3. The smallest absolute Gasteiger partial charge is 0.331 e. The Balaban J connectivity index is 1.22. The Morgan fingerprint density at radius 1 is 0.848 bits per heavy atom. The van der Waals surface area contributed by atoms with Crippen LogP contribution in [0.15, 0.2) is 53.4 Å². The summed E-state index contributed by atoms with van der Waals surface area (Å²) in [5, 5.41) is 1.13. The lowest BCUT2D eigenvalue weighted by Crippen LogP contribution is -2.52. The second-order valence-corrected chi connectivity index (χ2v) is 10.9. The fraction of sp³-hybridized carbons (Fsp3) is 0.435. The molecule has 0 saturated carbocycles. The van der Waals surface area contributed by atoms with Crippen LogP contribution in [0.2, 0.25) is 10.0 Å². The zero-order valence-electron chi connectivity index (χ0n) is 18.1. The monoisotopic (exact) mass is 511 g/mol. The van der Waals surface area contributed by atoms with Crippen LogP contribution in [0.3, 0.4) is 0 Å². The standard InChI is InChI=1S/C23H27Cl2N3O4S/c24-17-1-5-20(6-2-17)32-21-11-15-27(16-12-21)19-9-13-28(14-10-19)23(29)26-33(30,31)22-7-3-18(25)4-8-22/h1-8,19,21H,9-16H2,(H,26,29). The first kappa shape index (κ1) is 24.1. The van der Waals surface area contributed by atoms with Gasteiger partial charge >= 0.3 is 6.03 Å². The van der Waals surface area contributed by atoms with Gasteiger partial charge in [-0.3, -0.25) is 4.90 Å². The third-order valence-electron chi connectivity index (χ3n) is 6.21. The van der Waals surface area contributed by atoms with Crippen molar-refractivity contribution < 1.29 is 17.9 Å². The van der Waals surface area contributed by atoms with E-state index in [0.29, 0.717) is 29.2 Å². The lowest BCUT2D eigenvalue weighted by atomic mass is 9.99. The Morgan fingerprint density at radius 3 is 1.97 bits per heavy atom. The van der Waals surface area contributed by atoms with Gasteiger partial charge in [0.25, 0.3) is 10.0 Å². The van der Waals surface area contributed by atoms with Crippen molar-refractivity contribution >= 4 is 39.3 Å².